The molecule has 3 nitrogen and oxygen atoms in total. The van der Waals surface area contributed by atoms with Gasteiger partial charge in [0.25, 0.3) is 0 Å². The van der Waals surface area contributed by atoms with E-state index in [0.29, 0.717) is 17.5 Å². The molecule has 1 aromatic carbocycles. The molecule has 0 aliphatic carbocycles. The molecule has 0 saturated heterocycles. The standard InChI is InChI=1S/C13H17FN2OS/c1-3-13(16-12(15)18-2)6-7-17-11-8-9(14)4-5-10(11)13/h4-5,8H,3,6-7H2,1-2H3,(H2,15,16). The van der Waals surface area contributed by atoms with E-state index in [-0.39, 0.29) is 11.4 Å². The first-order valence-electron chi connectivity index (χ1n) is 5.93. The first-order valence-corrected chi connectivity index (χ1v) is 7.16. The maximum absolute atomic E-state index is 13.2. The van der Waals surface area contributed by atoms with Crippen molar-refractivity contribution >= 4 is 16.9 Å². The minimum atomic E-state index is -0.381. The third kappa shape index (κ3) is 2.32. The minimum absolute atomic E-state index is 0.289. The highest BCUT2D eigenvalue weighted by atomic mass is 32.2. The Labute approximate surface area is 111 Å². The lowest BCUT2D eigenvalue weighted by molar-refractivity contribution is 0.213. The highest BCUT2D eigenvalue weighted by Gasteiger charge is 2.36. The normalized spacial score (nSPS) is 23.4. The van der Waals surface area contributed by atoms with Gasteiger partial charge >= 0.3 is 0 Å². The van der Waals surface area contributed by atoms with Crippen molar-refractivity contribution in [2.24, 2.45) is 10.7 Å². The molecule has 1 heterocycles. The third-order valence-corrected chi connectivity index (χ3v) is 3.85. The number of nitrogens with two attached hydrogens (primary N) is 1. The minimum Gasteiger partial charge on any atom is -0.493 e. The number of hydrogen-bond acceptors (Lipinski definition) is 3. The molecule has 1 aliphatic heterocycles. The van der Waals surface area contributed by atoms with Gasteiger partial charge in [0, 0.05) is 18.1 Å². The van der Waals surface area contributed by atoms with Crippen LogP contribution in [0.1, 0.15) is 25.3 Å². The molecular weight excluding hydrogens is 251 g/mol. The average Bonchev–Trinajstić information content (AvgIpc) is 2.38. The molecule has 0 fully saturated rings. The van der Waals surface area contributed by atoms with Crippen molar-refractivity contribution in [1.29, 1.82) is 0 Å². The third-order valence-electron chi connectivity index (χ3n) is 3.34. The summed E-state index contributed by atoms with van der Waals surface area (Å²) in [5, 5.41) is 0.550. The van der Waals surface area contributed by atoms with Crippen molar-refractivity contribution in [2.45, 2.75) is 25.3 Å². The van der Waals surface area contributed by atoms with Gasteiger partial charge in [-0.2, -0.15) is 0 Å². The van der Waals surface area contributed by atoms with E-state index in [0.717, 1.165) is 18.4 Å². The van der Waals surface area contributed by atoms with Gasteiger partial charge < -0.3 is 10.5 Å². The van der Waals surface area contributed by atoms with Gasteiger partial charge in [-0.05, 0) is 24.8 Å². The van der Waals surface area contributed by atoms with Crippen LogP contribution in [-0.4, -0.2) is 18.0 Å². The molecule has 0 aromatic heterocycles. The summed E-state index contributed by atoms with van der Waals surface area (Å²) >= 11 is 1.42. The van der Waals surface area contributed by atoms with Crippen LogP contribution >= 0.6 is 11.8 Å². The SMILES string of the molecule is CCC1(N=C(N)SC)CCOc2cc(F)ccc21. The first kappa shape index (κ1) is 13.2. The number of amidine groups is 1. The Hall–Kier alpha value is -1.23. The van der Waals surface area contributed by atoms with Gasteiger partial charge in [-0.15, -0.1) is 0 Å². The van der Waals surface area contributed by atoms with Crippen molar-refractivity contribution in [3.05, 3.63) is 29.6 Å². The second-order valence-corrected chi connectivity index (χ2v) is 5.10. The Morgan fingerprint density at radius 1 is 1.61 bits per heavy atom. The molecule has 1 aliphatic rings. The first-order chi connectivity index (χ1) is 8.61. The van der Waals surface area contributed by atoms with E-state index in [1.54, 1.807) is 6.07 Å². The fourth-order valence-electron chi connectivity index (χ4n) is 2.28. The second-order valence-electron chi connectivity index (χ2n) is 4.28. The number of nitrogens with zero attached hydrogens (tertiary/aromatic N) is 1. The molecule has 2 rings (SSSR count). The molecule has 1 aromatic rings. The summed E-state index contributed by atoms with van der Waals surface area (Å²) in [5.74, 6) is 0.295. The number of benzene rings is 1. The molecule has 0 spiro atoms. The summed E-state index contributed by atoms with van der Waals surface area (Å²) in [6, 6.07) is 4.62. The van der Waals surface area contributed by atoms with Gasteiger partial charge in [-0.25, -0.2) is 4.39 Å². The zero-order valence-electron chi connectivity index (χ0n) is 10.6. The summed E-state index contributed by atoms with van der Waals surface area (Å²) in [6.07, 6.45) is 3.48. The average molecular weight is 268 g/mol. The number of ether oxygens (including phenoxy) is 1. The van der Waals surface area contributed by atoms with Gasteiger partial charge in [0.1, 0.15) is 11.6 Å². The fourth-order valence-corrected chi connectivity index (χ4v) is 2.55. The lowest BCUT2D eigenvalue weighted by atomic mass is 9.83. The largest absolute Gasteiger partial charge is 0.493 e. The lowest BCUT2D eigenvalue weighted by Crippen LogP contribution is -2.32. The number of aliphatic imine (C=N–C) groups is 1. The van der Waals surface area contributed by atoms with Crippen LogP contribution in [-0.2, 0) is 5.54 Å². The molecule has 0 amide bonds. The van der Waals surface area contributed by atoms with Crippen LogP contribution in [0.2, 0.25) is 0 Å². The fraction of sp³-hybridized carbons (Fsp3) is 0.462. The number of thioether (sulfide) groups is 1. The van der Waals surface area contributed by atoms with E-state index in [2.05, 4.69) is 11.9 Å². The van der Waals surface area contributed by atoms with Crippen molar-refractivity contribution in [3.63, 3.8) is 0 Å². The molecule has 98 valence electrons. The summed E-state index contributed by atoms with van der Waals surface area (Å²) in [6.45, 7) is 2.60. The van der Waals surface area contributed by atoms with Gasteiger partial charge in [-0.1, -0.05) is 18.7 Å². The van der Waals surface area contributed by atoms with Gasteiger partial charge in [0.15, 0.2) is 5.17 Å². The van der Waals surface area contributed by atoms with E-state index in [1.165, 1.54) is 23.9 Å². The van der Waals surface area contributed by atoms with Gasteiger partial charge in [0.05, 0.1) is 12.1 Å². The smallest absolute Gasteiger partial charge is 0.154 e. The zero-order valence-corrected chi connectivity index (χ0v) is 11.4. The molecule has 5 heteroatoms. The zero-order chi connectivity index (χ0) is 13.2. The molecule has 1 unspecified atom stereocenters. The van der Waals surface area contributed by atoms with Crippen LogP contribution in [0.4, 0.5) is 4.39 Å². The molecule has 0 saturated carbocycles. The Morgan fingerprint density at radius 2 is 2.39 bits per heavy atom. The second kappa shape index (κ2) is 5.18. The molecule has 18 heavy (non-hydrogen) atoms. The summed E-state index contributed by atoms with van der Waals surface area (Å²) in [4.78, 5) is 4.63. The van der Waals surface area contributed by atoms with Gasteiger partial charge in [0.2, 0.25) is 0 Å². The quantitative estimate of drug-likeness (QED) is 0.662. The van der Waals surface area contributed by atoms with E-state index in [1.807, 2.05) is 6.26 Å². The number of rotatable bonds is 2. The van der Waals surface area contributed by atoms with Crippen LogP contribution in [0.3, 0.4) is 0 Å². The molecule has 0 radical (unpaired) electrons. The Bertz CT molecular complexity index is 478. The Morgan fingerprint density at radius 3 is 3.06 bits per heavy atom. The van der Waals surface area contributed by atoms with Crippen LogP contribution in [0.5, 0.6) is 5.75 Å². The highest BCUT2D eigenvalue weighted by molar-refractivity contribution is 8.13. The lowest BCUT2D eigenvalue weighted by Gasteiger charge is -2.35. The van der Waals surface area contributed by atoms with Crippen molar-refractivity contribution in [3.8, 4) is 5.75 Å². The molecular formula is C13H17FN2OS. The molecule has 1 atom stereocenters. The summed E-state index contributed by atoms with van der Waals surface area (Å²) in [7, 11) is 0. The molecule has 2 N–H and O–H groups in total. The van der Waals surface area contributed by atoms with E-state index in [4.69, 9.17) is 10.5 Å². The Balaban J connectivity index is 2.52. The topological polar surface area (TPSA) is 47.6 Å². The van der Waals surface area contributed by atoms with Crippen LogP contribution < -0.4 is 10.5 Å². The van der Waals surface area contributed by atoms with Crippen LogP contribution in [0.15, 0.2) is 23.2 Å². The highest BCUT2D eigenvalue weighted by Crippen LogP contribution is 2.42. The van der Waals surface area contributed by atoms with Gasteiger partial charge in [-0.3, -0.25) is 4.99 Å². The number of halogens is 1. The maximum Gasteiger partial charge on any atom is 0.154 e. The predicted molar refractivity (Wildman–Crippen MR) is 73.6 cm³/mol. The van der Waals surface area contributed by atoms with E-state index >= 15 is 0 Å². The summed E-state index contributed by atoms with van der Waals surface area (Å²) in [5.41, 5.74) is 6.39. The monoisotopic (exact) mass is 268 g/mol. The number of hydrogen-bond donors (Lipinski definition) is 1. The van der Waals surface area contributed by atoms with E-state index < -0.39 is 0 Å². The Kier molecular flexibility index (Phi) is 3.80. The predicted octanol–water partition coefficient (Wildman–Crippen LogP) is 2.89. The van der Waals surface area contributed by atoms with Crippen LogP contribution in [0, 0.1) is 5.82 Å². The maximum atomic E-state index is 13.2. The van der Waals surface area contributed by atoms with E-state index in [9.17, 15) is 4.39 Å². The summed E-state index contributed by atoms with van der Waals surface area (Å²) < 4.78 is 18.8. The van der Waals surface area contributed by atoms with Crippen molar-refractivity contribution < 1.29 is 9.13 Å². The van der Waals surface area contributed by atoms with Crippen molar-refractivity contribution in [1.82, 2.24) is 0 Å². The van der Waals surface area contributed by atoms with Crippen molar-refractivity contribution in [2.75, 3.05) is 12.9 Å². The number of fused-ring (bicyclic) bond motifs is 1. The molecule has 0 bridgehead atoms. The van der Waals surface area contributed by atoms with Crippen LogP contribution in [0.25, 0.3) is 0 Å².